The Labute approximate surface area is 175 Å². The lowest BCUT2D eigenvalue weighted by molar-refractivity contribution is -0.117. The van der Waals surface area contributed by atoms with Crippen LogP contribution in [0.2, 0.25) is 0 Å². The number of likely N-dealkylation sites (tertiary alicyclic amines) is 1. The topological polar surface area (TPSA) is 92.1 Å². The molecule has 1 aliphatic heterocycles. The number of nitrogens with zero attached hydrogens (tertiary/aromatic N) is 7. The zero-order chi connectivity index (χ0) is 20.9. The molecule has 0 saturated carbocycles. The average molecular weight is 406 g/mol. The third kappa shape index (κ3) is 4.87. The van der Waals surface area contributed by atoms with Crippen LogP contribution in [0.3, 0.4) is 0 Å². The summed E-state index contributed by atoms with van der Waals surface area (Å²) in [4.78, 5) is 30.5. The first-order valence-corrected chi connectivity index (χ1v) is 10.1. The molecule has 1 fully saturated rings. The Morgan fingerprint density at radius 2 is 2.00 bits per heavy atom. The molecule has 0 spiro atoms. The number of piperidine rings is 1. The summed E-state index contributed by atoms with van der Waals surface area (Å²) in [7, 11) is 4.22. The molecule has 0 unspecified atom stereocenters. The van der Waals surface area contributed by atoms with E-state index in [1.807, 2.05) is 24.3 Å². The number of hydrogen-bond donors (Lipinski definition) is 1. The second-order valence-corrected chi connectivity index (χ2v) is 7.62. The number of rotatable bonds is 6. The molecule has 0 aromatic carbocycles. The lowest BCUT2D eigenvalue weighted by atomic mass is 10.0. The van der Waals surface area contributed by atoms with E-state index in [0.29, 0.717) is 35.7 Å². The van der Waals surface area contributed by atoms with E-state index in [9.17, 15) is 4.79 Å². The number of carbonyl (C=O) groups is 1. The first kappa shape index (κ1) is 20.1. The third-order valence-corrected chi connectivity index (χ3v) is 5.27. The first-order chi connectivity index (χ1) is 14.6. The van der Waals surface area contributed by atoms with Crippen LogP contribution in [0, 0.1) is 0 Å². The van der Waals surface area contributed by atoms with Gasteiger partial charge in [-0.25, -0.2) is 14.6 Å². The third-order valence-electron chi connectivity index (χ3n) is 5.27. The van der Waals surface area contributed by atoms with E-state index in [1.54, 1.807) is 29.3 Å². The van der Waals surface area contributed by atoms with Crippen molar-refractivity contribution in [3.05, 3.63) is 48.9 Å². The van der Waals surface area contributed by atoms with Crippen LogP contribution < -0.4 is 5.32 Å². The molecule has 4 heterocycles. The minimum absolute atomic E-state index is 0.0876. The van der Waals surface area contributed by atoms with Gasteiger partial charge in [-0.05, 0) is 45.1 Å². The van der Waals surface area contributed by atoms with Crippen LogP contribution in [0.5, 0.6) is 0 Å². The Balaban J connectivity index is 1.49. The van der Waals surface area contributed by atoms with Gasteiger partial charge in [0.1, 0.15) is 11.5 Å². The lowest BCUT2D eigenvalue weighted by Gasteiger charge is -2.34. The Hall–Kier alpha value is -3.17. The number of hydrogen-bond acceptors (Lipinski definition) is 7. The Morgan fingerprint density at radius 1 is 1.17 bits per heavy atom. The maximum atomic E-state index is 12.7. The van der Waals surface area contributed by atoms with Gasteiger partial charge in [-0.3, -0.25) is 14.7 Å². The van der Waals surface area contributed by atoms with Crippen LogP contribution in [-0.4, -0.2) is 80.2 Å². The second-order valence-electron chi connectivity index (χ2n) is 7.62. The molecule has 3 aromatic rings. The van der Waals surface area contributed by atoms with Crippen LogP contribution in [0.4, 0.5) is 5.82 Å². The maximum Gasteiger partial charge on any atom is 0.239 e. The van der Waals surface area contributed by atoms with Crippen molar-refractivity contribution in [2.45, 2.75) is 18.9 Å². The van der Waals surface area contributed by atoms with Gasteiger partial charge < -0.3 is 10.2 Å². The molecular formula is C21H26N8O. The number of anilines is 1. The Bertz CT molecular complexity index is 966. The van der Waals surface area contributed by atoms with Gasteiger partial charge in [0.2, 0.25) is 5.91 Å². The summed E-state index contributed by atoms with van der Waals surface area (Å²) in [6.45, 7) is 2.18. The Morgan fingerprint density at radius 3 is 2.67 bits per heavy atom. The molecule has 4 rings (SSSR count). The summed E-state index contributed by atoms with van der Waals surface area (Å²) in [5.74, 6) is 1.35. The highest BCUT2D eigenvalue weighted by Gasteiger charge is 2.22. The zero-order valence-corrected chi connectivity index (χ0v) is 17.3. The van der Waals surface area contributed by atoms with E-state index in [4.69, 9.17) is 0 Å². The molecule has 3 aromatic heterocycles. The number of carbonyl (C=O) groups excluding carboxylic acids is 1. The van der Waals surface area contributed by atoms with E-state index in [2.05, 4.69) is 49.3 Å². The average Bonchev–Trinajstić information content (AvgIpc) is 3.29. The largest absolute Gasteiger partial charge is 0.309 e. The predicted octanol–water partition coefficient (Wildman–Crippen LogP) is 1.69. The van der Waals surface area contributed by atoms with Crippen molar-refractivity contribution in [1.82, 2.24) is 34.5 Å². The summed E-state index contributed by atoms with van der Waals surface area (Å²) in [5, 5.41) is 7.16. The monoisotopic (exact) mass is 406 g/mol. The molecule has 0 atom stereocenters. The van der Waals surface area contributed by atoms with Crippen LogP contribution >= 0.6 is 0 Å². The number of pyridine rings is 1. The van der Waals surface area contributed by atoms with Crippen LogP contribution in [0.1, 0.15) is 12.8 Å². The standard InChI is InChI=1S/C21H26N8O/c1-27(2)16-7-12-28(13-8-16)15-20(30)24-18-14-19(29-11-5-10-23-29)26-21(25-18)17-6-3-4-9-22-17/h3-6,9-11,14,16H,7-8,12-13,15H2,1-2H3,(H,24,25,26,30). The number of aromatic nitrogens is 5. The van der Waals surface area contributed by atoms with Crippen LogP contribution in [0.15, 0.2) is 48.9 Å². The molecular weight excluding hydrogens is 380 g/mol. The fourth-order valence-electron chi connectivity index (χ4n) is 3.61. The first-order valence-electron chi connectivity index (χ1n) is 10.1. The predicted molar refractivity (Wildman–Crippen MR) is 114 cm³/mol. The molecule has 156 valence electrons. The van der Waals surface area contributed by atoms with E-state index in [-0.39, 0.29) is 5.91 Å². The SMILES string of the molecule is CN(C)C1CCN(CC(=O)Nc2cc(-n3cccn3)nc(-c3ccccn3)n2)CC1. The van der Waals surface area contributed by atoms with Crippen molar-refractivity contribution in [3.63, 3.8) is 0 Å². The molecule has 1 amide bonds. The van der Waals surface area contributed by atoms with E-state index < -0.39 is 0 Å². The normalized spacial score (nSPS) is 15.4. The molecule has 1 N–H and O–H groups in total. The molecule has 30 heavy (non-hydrogen) atoms. The summed E-state index contributed by atoms with van der Waals surface area (Å²) < 4.78 is 1.63. The van der Waals surface area contributed by atoms with Crippen molar-refractivity contribution in [2.75, 3.05) is 39.0 Å². The quantitative estimate of drug-likeness (QED) is 0.666. The van der Waals surface area contributed by atoms with Crippen LogP contribution in [-0.2, 0) is 4.79 Å². The van der Waals surface area contributed by atoms with E-state index in [0.717, 1.165) is 25.9 Å². The number of amides is 1. The van der Waals surface area contributed by atoms with Crippen molar-refractivity contribution in [3.8, 4) is 17.3 Å². The van der Waals surface area contributed by atoms with Crippen molar-refractivity contribution >= 4 is 11.7 Å². The fraction of sp³-hybridized carbons (Fsp3) is 0.381. The van der Waals surface area contributed by atoms with Gasteiger partial charge in [0.15, 0.2) is 11.6 Å². The van der Waals surface area contributed by atoms with E-state index >= 15 is 0 Å². The van der Waals surface area contributed by atoms with E-state index in [1.165, 1.54) is 0 Å². The van der Waals surface area contributed by atoms with Crippen molar-refractivity contribution in [1.29, 1.82) is 0 Å². The number of nitrogens with one attached hydrogen (secondary N) is 1. The highest BCUT2D eigenvalue weighted by Crippen LogP contribution is 2.18. The minimum Gasteiger partial charge on any atom is -0.309 e. The summed E-state index contributed by atoms with van der Waals surface area (Å²) in [6.07, 6.45) is 7.31. The van der Waals surface area contributed by atoms with Gasteiger partial charge in [-0.15, -0.1) is 0 Å². The van der Waals surface area contributed by atoms with Gasteiger partial charge >= 0.3 is 0 Å². The summed E-state index contributed by atoms with van der Waals surface area (Å²) in [5.41, 5.74) is 0.632. The molecule has 0 bridgehead atoms. The minimum atomic E-state index is -0.0876. The van der Waals surface area contributed by atoms with Crippen LogP contribution in [0.25, 0.3) is 17.3 Å². The summed E-state index contributed by atoms with van der Waals surface area (Å²) in [6, 6.07) is 9.67. The molecule has 9 nitrogen and oxygen atoms in total. The lowest BCUT2D eigenvalue weighted by Crippen LogP contribution is -2.44. The van der Waals surface area contributed by atoms with Crippen molar-refractivity contribution in [2.24, 2.45) is 0 Å². The van der Waals surface area contributed by atoms with Gasteiger partial charge in [0.05, 0.1) is 6.54 Å². The smallest absolute Gasteiger partial charge is 0.239 e. The fourth-order valence-corrected chi connectivity index (χ4v) is 3.61. The van der Waals surface area contributed by atoms with Gasteiger partial charge in [-0.2, -0.15) is 5.10 Å². The highest BCUT2D eigenvalue weighted by atomic mass is 16.2. The molecule has 1 saturated heterocycles. The zero-order valence-electron chi connectivity index (χ0n) is 17.3. The molecule has 1 aliphatic rings. The molecule has 9 heteroatoms. The molecule has 0 aliphatic carbocycles. The van der Waals surface area contributed by atoms with Gasteiger partial charge in [-0.1, -0.05) is 6.07 Å². The van der Waals surface area contributed by atoms with Gasteiger partial charge in [0.25, 0.3) is 0 Å². The Kier molecular flexibility index (Phi) is 6.10. The summed E-state index contributed by atoms with van der Waals surface area (Å²) >= 11 is 0. The highest BCUT2D eigenvalue weighted by molar-refractivity contribution is 5.91. The molecule has 0 radical (unpaired) electrons. The van der Waals surface area contributed by atoms with Gasteiger partial charge in [0, 0.05) is 43.8 Å². The van der Waals surface area contributed by atoms with Crippen molar-refractivity contribution < 1.29 is 4.79 Å². The maximum absolute atomic E-state index is 12.7. The second kappa shape index (κ2) is 9.10.